The molecule has 1 aliphatic heterocycles. The number of carbonyl (C=O) groups is 1. The first-order valence-corrected chi connectivity index (χ1v) is 12.4. The van der Waals surface area contributed by atoms with E-state index in [-0.39, 0.29) is 17.9 Å². The zero-order valence-electron chi connectivity index (χ0n) is 20.6. The predicted molar refractivity (Wildman–Crippen MR) is 145 cm³/mol. The van der Waals surface area contributed by atoms with E-state index in [0.29, 0.717) is 5.75 Å². The third-order valence-electron chi connectivity index (χ3n) is 7.19. The third kappa shape index (κ3) is 4.30. The molecule has 1 atom stereocenters. The van der Waals surface area contributed by atoms with Crippen LogP contribution in [0, 0.1) is 6.92 Å². The number of carbonyl (C=O) groups excluding carboxylic acids is 1. The van der Waals surface area contributed by atoms with Crippen LogP contribution in [0.4, 0.5) is 5.69 Å². The molecule has 1 amide bonds. The summed E-state index contributed by atoms with van der Waals surface area (Å²) in [5.41, 5.74) is 3.78. The normalized spacial score (nSPS) is 18.8. The van der Waals surface area contributed by atoms with Crippen LogP contribution in [-0.4, -0.2) is 18.1 Å². The molecule has 0 bridgehead atoms. The van der Waals surface area contributed by atoms with Gasteiger partial charge in [0, 0.05) is 21.7 Å². The molecule has 5 rings (SSSR count). The Morgan fingerprint density at radius 2 is 1.63 bits per heavy atom. The molecule has 1 aliphatic rings. The van der Waals surface area contributed by atoms with Gasteiger partial charge in [-0.25, -0.2) is 0 Å². The molecule has 0 saturated carbocycles. The Morgan fingerprint density at radius 1 is 0.914 bits per heavy atom. The third-order valence-corrected chi connectivity index (χ3v) is 7.44. The molecule has 0 aliphatic carbocycles. The second-order valence-corrected chi connectivity index (χ2v) is 10.8. The molecule has 1 heterocycles. The van der Waals surface area contributed by atoms with Crippen LogP contribution in [0.1, 0.15) is 43.9 Å². The molecule has 178 valence electrons. The standard InChI is InChI=1S/C31H30ClNO2/c1-21-9-16-28-27(17-21)31(4,24-11-13-25(32)14-12-24)20-30(2,3)33(28)29(34)19-35-26-15-10-22-7-5-6-8-23(22)18-26/h5-18H,19-20H2,1-4H3/t31-/m1/s1. The van der Waals surface area contributed by atoms with Crippen LogP contribution in [0.3, 0.4) is 0 Å². The topological polar surface area (TPSA) is 29.5 Å². The molecular weight excluding hydrogens is 454 g/mol. The molecule has 0 unspecified atom stereocenters. The largest absolute Gasteiger partial charge is 0.484 e. The highest BCUT2D eigenvalue weighted by atomic mass is 35.5. The first kappa shape index (κ1) is 23.4. The van der Waals surface area contributed by atoms with E-state index in [9.17, 15) is 4.79 Å². The van der Waals surface area contributed by atoms with E-state index in [1.807, 2.05) is 53.4 Å². The fraction of sp³-hybridized carbons (Fsp3) is 0.258. The van der Waals surface area contributed by atoms with Crippen LogP contribution < -0.4 is 9.64 Å². The molecule has 4 aromatic carbocycles. The fourth-order valence-electron chi connectivity index (χ4n) is 5.67. The molecule has 0 saturated heterocycles. The van der Waals surface area contributed by atoms with E-state index in [1.54, 1.807) is 0 Å². The number of amides is 1. The molecule has 0 N–H and O–H groups in total. The zero-order valence-corrected chi connectivity index (χ0v) is 21.4. The highest BCUT2D eigenvalue weighted by molar-refractivity contribution is 6.30. The predicted octanol–water partition coefficient (Wildman–Crippen LogP) is 7.70. The van der Waals surface area contributed by atoms with Gasteiger partial charge in [-0.2, -0.15) is 0 Å². The number of benzene rings is 4. The molecule has 3 nitrogen and oxygen atoms in total. The lowest BCUT2D eigenvalue weighted by atomic mass is 9.65. The summed E-state index contributed by atoms with van der Waals surface area (Å²) < 4.78 is 6.01. The van der Waals surface area contributed by atoms with Gasteiger partial charge in [-0.05, 0) is 79.4 Å². The monoisotopic (exact) mass is 483 g/mol. The zero-order chi connectivity index (χ0) is 24.8. The minimum atomic E-state index is -0.416. The first-order valence-electron chi connectivity index (χ1n) is 12.0. The van der Waals surface area contributed by atoms with Gasteiger partial charge in [-0.3, -0.25) is 4.79 Å². The van der Waals surface area contributed by atoms with E-state index in [4.69, 9.17) is 16.3 Å². The smallest absolute Gasteiger partial charge is 0.265 e. The number of halogens is 1. The second-order valence-electron chi connectivity index (χ2n) is 10.4. The lowest BCUT2D eigenvalue weighted by Gasteiger charge is -2.51. The van der Waals surface area contributed by atoms with Gasteiger partial charge in [0.05, 0.1) is 0 Å². The molecule has 0 radical (unpaired) electrons. The number of hydrogen-bond donors (Lipinski definition) is 0. The molecular formula is C31H30ClNO2. The number of rotatable bonds is 4. The van der Waals surface area contributed by atoms with Crippen molar-refractivity contribution in [3.05, 3.63) is 107 Å². The lowest BCUT2D eigenvalue weighted by Crippen LogP contribution is -2.57. The van der Waals surface area contributed by atoms with Crippen LogP contribution in [0.25, 0.3) is 10.8 Å². The van der Waals surface area contributed by atoms with Crippen molar-refractivity contribution in [3.63, 3.8) is 0 Å². The van der Waals surface area contributed by atoms with Crippen LogP contribution in [0.5, 0.6) is 5.75 Å². The number of hydrogen-bond acceptors (Lipinski definition) is 2. The summed E-state index contributed by atoms with van der Waals surface area (Å²) in [6.45, 7) is 8.61. The Bertz CT molecular complexity index is 1410. The van der Waals surface area contributed by atoms with Crippen molar-refractivity contribution in [3.8, 4) is 5.75 Å². The Kier molecular flexibility index (Phi) is 5.85. The highest BCUT2D eigenvalue weighted by Crippen LogP contribution is 2.50. The molecule has 0 aromatic heterocycles. The summed E-state index contributed by atoms with van der Waals surface area (Å²) in [4.78, 5) is 15.6. The van der Waals surface area contributed by atoms with Crippen molar-refractivity contribution in [2.24, 2.45) is 0 Å². The fourth-order valence-corrected chi connectivity index (χ4v) is 5.79. The number of nitrogens with zero attached hydrogens (tertiary/aromatic N) is 1. The van der Waals surface area contributed by atoms with Gasteiger partial charge in [0.15, 0.2) is 6.61 Å². The van der Waals surface area contributed by atoms with Crippen LogP contribution in [0.15, 0.2) is 84.9 Å². The van der Waals surface area contributed by atoms with Gasteiger partial charge < -0.3 is 9.64 Å². The number of fused-ring (bicyclic) bond motifs is 2. The Hall–Kier alpha value is -3.30. The van der Waals surface area contributed by atoms with Crippen LogP contribution in [0.2, 0.25) is 5.02 Å². The second kappa shape index (κ2) is 8.73. The van der Waals surface area contributed by atoms with Gasteiger partial charge >= 0.3 is 0 Å². The van der Waals surface area contributed by atoms with Crippen molar-refractivity contribution in [2.45, 2.75) is 45.1 Å². The summed E-state index contributed by atoms with van der Waals surface area (Å²) in [5, 5.41) is 2.96. The van der Waals surface area contributed by atoms with Gasteiger partial charge in [0.1, 0.15) is 5.75 Å². The maximum atomic E-state index is 13.7. The van der Waals surface area contributed by atoms with Crippen molar-refractivity contribution in [1.29, 1.82) is 0 Å². The van der Waals surface area contributed by atoms with E-state index >= 15 is 0 Å². The SMILES string of the molecule is Cc1ccc2c(c1)[C@@](C)(c1ccc(Cl)cc1)CC(C)(C)N2C(=O)COc1ccc2ccccc2c1. The maximum absolute atomic E-state index is 13.7. The number of ether oxygens (including phenoxy) is 1. The van der Waals surface area contributed by atoms with Crippen LogP contribution in [-0.2, 0) is 10.2 Å². The quantitative estimate of drug-likeness (QED) is 0.297. The minimum Gasteiger partial charge on any atom is -0.484 e. The highest BCUT2D eigenvalue weighted by Gasteiger charge is 2.47. The average Bonchev–Trinajstić information content (AvgIpc) is 2.83. The number of anilines is 1. The Labute approximate surface area is 212 Å². The summed E-state index contributed by atoms with van der Waals surface area (Å²) in [6, 6.07) is 28.5. The van der Waals surface area contributed by atoms with Gasteiger partial charge in [0.25, 0.3) is 5.91 Å². The molecule has 0 spiro atoms. The maximum Gasteiger partial charge on any atom is 0.265 e. The van der Waals surface area contributed by atoms with Crippen molar-refractivity contribution in [2.75, 3.05) is 11.5 Å². The van der Waals surface area contributed by atoms with E-state index < -0.39 is 5.54 Å². The average molecular weight is 484 g/mol. The number of aryl methyl sites for hydroxylation is 1. The minimum absolute atomic E-state index is 0.0211. The first-order chi connectivity index (χ1) is 16.7. The van der Waals surface area contributed by atoms with E-state index in [2.05, 4.69) is 64.1 Å². The lowest BCUT2D eigenvalue weighted by molar-refractivity contribution is -0.121. The Morgan fingerprint density at radius 3 is 2.37 bits per heavy atom. The molecule has 35 heavy (non-hydrogen) atoms. The van der Waals surface area contributed by atoms with E-state index in [1.165, 1.54) is 11.1 Å². The summed E-state index contributed by atoms with van der Waals surface area (Å²) in [6.07, 6.45) is 0.778. The van der Waals surface area contributed by atoms with Gasteiger partial charge in [-0.1, -0.05) is 78.7 Å². The Balaban J connectivity index is 1.49. The summed E-state index contributed by atoms with van der Waals surface area (Å²) in [5.74, 6) is 0.647. The van der Waals surface area contributed by atoms with Gasteiger partial charge in [-0.15, -0.1) is 0 Å². The van der Waals surface area contributed by atoms with E-state index in [0.717, 1.165) is 33.5 Å². The molecule has 4 aromatic rings. The van der Waals surface area contributed by atoms with Gasteiger partial charge in [0.2, 0.25) is 0 Å². The summed E-state index contributed by atoms with van der Waals surface area (Å²) in [7, 11) is 0. The molecule has 4 heteroatoms. The summed E-state index contributed by atoms with van der Waals surface area (Å²) >= 11 is 6.19. The van der Waals surface area contributed by atoms with Crippen molar-refractivity contribution in [1.82, 2.24) is 0 Å². The molecule has 0 fully saturated rings. The van der Waals surface area contributed by atoms with Crippen molar-refractivity contribution < 1.29 is 9.53 Å². The van der Waals surface area contributed by atoms with Crippen molar-refractivity contribution >= 4 is 34.0 Å². The van der Waals surface area contributed by atoms with Crippen LogP contribution >= 0.6 is 11.6 Å².